The topological polar surface area (TPSA) is 66.8 Å². The van der Waals surface area contributed by atoms with Crippen molar-refractivity contribution in [2.75, 3.05) is 13.2 Å². The van der Waals surface area contributed by atoms with E-state index in [1.807, 2.05) is 0 Å². The molecule has 0 aliphatic carbocycles. The predicted molar refractivity (Wildman–Crippen MR) is 72.0 cm³/mol. The van der Waals surface area contributed by atoms with Gasteiger partial charge < -0.3 is 14.7 Å². The van der Waals surface area contributed by atoms with Crippen LogP contribution in [0.25, 0.3) is 0 Å². The van der Waals surface area contributed by atoms with E-state index >= 15 is 0 Å². The monoisotopic (exact) mass is 345 g/mol. The third-order valence-electron chi connectivity index (χ3n) is 3.10. The van der Waals surface area contributed by atoms with E-state index in [1.54, 1.807) is 6.07 Å². The molecule has 1 heterocycles. The molecule has 2 rings (SSSR count). The van der Waals surface area contributed by atoms with Gasteiger partial charge in [0.2, 0.25) is 0 Å². The summed E-state index contributed by atoms with van der Waals surface area (Å²) in [5, 5.41) is 8.99. The zero-order valence-corrected chi connectivity index (χ0v) is 12.1. The van der Waals surface area contributed by atoms with Gasteiger partial charge in [0, 0.05) is 11.0 Å². The van der Waals surface area contributed by atoms with Gasteiger partial charge in [0.05, 0.1) is 0 Å². The Kier molecular flexibility index (Phi) is 4.59. The van der Waals surface area contributed by atoms with Crippen molar-refractivity contribution in [1.82, 2.24) is 4.90 Å². The van der Waals surface area contributed by atoms with Crippen LogP contribution in [-0.4, -0.2) is 41.1 Å². The van der Waals surface area contributed by atoms with E-state index in [9.17, 15) is 14.0 Å². The number of aliphatic carboxylic acids is 1. The van der Waals surface area contributed by atoms with Crippen molar-refractivity contribution in [3.63, 3.8) is 0 Å². The lowest BCUT2D eigenvalue weighted by atomic mass is 10.2. The number of rotatable bonds is 4. The van der Waals surface area contributed by atoms with Crippen molar-refractivity contribution in [2.24, 2.45) is 0 Å². The molecule has 1 amide bonds. The minimum Gasteiger partial charge on any atom is -0.481 e. The van der Waals surface area contributed by atoms with E-state index in [0.29, 0.717) is 23.9 Å². The fourth-order valence-electron chi connectivity index (χ4n) is 2.14. The molecule has 20 heavy (non-hydrogen) atoms. The largest absolute Gasteiger partial charge is 0.481 e. The zero-order valence-electron chi connectivity index (χ0n) is 10.5. The normalized spacial score (nSPS) is 18.1. The summed E-state index contributed by atoms with van der Waals surface area (Å²) in [6.45, 7) is 0.0182. The van der Waals surface area contributed by atoms with Crippen molar-refractivity contribution < 1.29 is 23.8 Å². The molecule has 5 nitrogen and oxygen atoms in total. The second-order valence-electron chi connectivity index (χ2n) is 4.45. The minimum atomic E-state index is -1.02. The number of carbonyl (C=O) groups excluding carboxylic acids is 1. The molecular formula is C13H13BrFNO4. The third kappa shape index (κ3) is 3.27. The number of nitrogens with zero attached hydrogens (tertiary/aromatic N) is 1. The first kappa shape index (κ1) is 14.8. The van der Waals surface area contributed by atoms with Crippen molar-refractivity contribution in [3.05, 3.63) is 28.5 Å². The van der Waals surface area contributed by atoms with Crippen LogP contribution in [0.5, 0.6) is 5.75 Å². The first-order valence-corrected chi connectivity index (χ1v) is 6.88. The average molecular weight is 346 g/mol. The van der Waals surface area contributed by atoms with Crippen LogP contribution in [0.3, 0.4) is 0 Å². The van der Waals surface area contributed by atoms with E-state index in [0.717, 1.165) is 0 Å². The number of benzene rings is 1. The molecule has 1 aliphatic heterocycles. The number of carbonyl (C=O) groups is 2. The molecule has 1 aromatic rings. The van der Waals surface area contributed by atoms with Crippen LogP contribution in [0.1, 0.15) is 12.8 Å². The Bertz CT molecular complexity index is 537. The number of amides is 1. The average Bonchev–Trinajstić information content (AvgIpc) is 2.86. The van der Waals surface area contributed by atoms with Gasteiger partial charge in [-0.3, -0.25) is 4.79 Å². The van der Waals surface area contributed by atoms with Crippen LogP contribution in [0.15, 0.2) is 22.7 Å². The second-order valence-corrected chi connectivity index (χ2v) is 5.36. The maximum absolute atomic E-state index is 13.5. The fourth-order valence-corrected chi connectivity index (χ4v) is 2.47. The van der Waals surface area contributed by atoms with Crippen LogP contribution in [0.2, 0.25) is 0 Å². The Morgan fingerprint density at radius 2 is 2.25 bits per heavy atom. The number of ether oxygens (including phenoxy) is 1. The van der Waals surface area contributed by atoms with Gasteiger partial charge in [-0.1, -0.05) is 15.9 Å². The fraction of sp³-hybridized carbons (Fsp3) is 0.385. The van der Waals surface area contributed by atoms with Gasteiger partial charge in [-0.2, -0.15) is 0 Å². The van der Waals surface area contributed by atoms with Crippen LogP contribution in [0.4, 0.5) is 4.39 Å². The van der Waals surface area contributed by atoms with Crippen molar-refractivity contribution >= 4 is 27.8 Å². The molecule has 1 N–H and O–H groups in total. The van der Waals surface area contributed by atoms with E-state index in [1.165, 1.54) is 17.0 Å². The number of halogens is 2. The van der Waals surface area contributed by atoms with Gasteiger partial charge in [-0.25, -0.2) is 9.18 Å². The van der Waals surface area contributed by atoms with Crippen molar-refractivity contribution in [2.45, 2.75) is 18.9 Å². The summed E-state index contributed by atoms with van der Waals surface area (Å²) < 4.78 is 19.2. The van der Waals surface area contributed by atoms with E-state index < -0.39 is 23.7 Å². The van der Waals surface area contributed by atoms with E-state index in [4.69, 9.17) is 9.84 Å². The Morgan fingerprint density at radius 3 is 2.90 bits per heavy atom. The van der Waals surface area contributed by atoms with Gasteiger partial charge >= 0.3 is 5.97 Å². The first-order chi connectivity index (χ1) is 9.49. The Morgan fingerprint density at radius 1 is 1.50 bits per heavy atom. The Labute approximate surface area is 123 Å². The SMILES string of the molecule is O=C(O)[C@H]1CCCN1C(=O)COc1ccc(Br)cc1F. The quantitative estimate of drug-likeness (QED) is 0.906. The highest BCUT2D eigenvalue weighted by Gasteiger charge is 2.34. The van der Waals surface area contributed by atoms with Crippen molar-refractivity contribution in [1.29, 1.82) is 0 Å². The highest BCUT2D eigenvalue weighted by Crippen LogP contribution is 2.22. The highest BCUT2D eigenvalue weighted by molar-refractivity contribution is 9.10. The molecule has 1 fully saturated rings. The Hall–Kier alpha value is -1.63. The van der Waals surface area contributed by atoms with Crippen LogP contribution in [0, 0.1) is 5.82 Å². The standard InChI is InChI=1S/C13H13BrFNO4/c14-8-3-4-11(9(15)6-8)20-7-12(17)16-5-1-2-10(16)13(18)19/h3-4,6,10H,1-2,5,7H2,(H,18,19)/t10-/m1/s1. The lowest BCUT2D eigenvalue weighted by molar-refractivity contribution is -0.149. The minimum absolute atomic E-state index is 0.0346. The third-order valence-corrected chi connectivity index (χ3v) is 3.60. The molecule has 108 valence electrons. The van der Waals surface area contributed by atoms with Crippen LogP contribution in [-0.2, 0) is 9.59 Å². The molecular weight excluding hydrogens is 333 g/mol. The molecule has 0 bridgehead atoms. The summed E-state index contributed by atoms with van der Waals surface area (Å²) in [6.07, 6.45) is 1.09. The maximum Gasteiger partial charge on any atom is 0.326 e. The molecule has 0 spiro atoms. The molecule has 7 heteroatoms. The van der Waals surface area contributed by atoms with Crippen molar-refractivity contribution in [3.8, 4) is 5.75 Å². The number of carboxylic acid groups (broad SMARTS) is 1. The van der Waals surface area contributed by atoms with E-state index in [2.05, 4.69) is 15.9 Å². The molecule has 0 saturated carbocycles. The summed E-state index contributed by atoms with van der Waals surface area (Å²) >= 11 is 3.12. The summed E-state index contributed by atoms with van der Waals surface area (Å²) in [6, 6.07) is 3.43. The summed E-state index contributed by atoms with van der Waals surface area (Å²) in [4.78, 5) is 24.2. The molecule has 1 aromatic carbocycles. The number of hydrogen-bond acceptors (Lipinski definition) is 3. The maximum atomic E-state index is 13.5. The predicted octanol–water partition coefficient (Wildman–Crippen LogP) is 2.04. The van der Waals surface area contributed by atoms with Gasteiger partial charge in [-0.05, 0) is 31.0 Å². The van der Waals surface area contributed by atoms with Gasteiger partial charge in [0.15, 0.2) is 18.2 Å². The van der Waals surface area contributed by atoms with Crippen LogP contribution < -0.4 is 4.74 Å². The lowest BCUT2D eigenvalue weighted by Gasteiger charge is -2.21. The number of likely N-dealkylation sites (tertiary alicyclic amines) is 1. The molecule has 1 saturated heterocycles. The second kappa shape index (κ2) is 6.21. The molecule has 0 aromatic heterocycles. The lowest BCUT2D eigenvalue weighted by Crippen LogP contribution is -2.42. The summed E-state index contributed by atoms with van der Waals surface area (Å²) in [5.41, 5.74) is 0. The Balaban J connectivity index is 1.96. The van der Waals surface area contributed by atoms with E-state index in [-0.39, 0.29) is 12.4 Å². The molecule has 0 radical (unpaired) electrons. The molecule has 1 atom stereocenters. The highest BCUT2D eigenvalue weighted by atomic mass is 79.9. The summed E-state index contributed by atoms with van der Waals surface area (Å²) in [5.74, 6) is -2.08. The first-order valence-electron chi connectivity index (χ1n) is 6.09. The van der Waals surface area contributed by atoms with Gasteiger partial charge in [0.1, 0.15) is 6.04 Å². The van der Waals surface area contributed by atoms with Gasteiger partial charge in [-0.15, -0.1) is 0 Å². The zero-order chi connectivity index (χ0) is 14.7. The number of carboxylic acids is 1. The molecule has 0 unspecified atom stereocenters. The van der Waals surface area contributed by atoms with Crippen LogP contribution >= 0.6 is 15.9 Å². The smallest absolute Gasteiger partial charge is 0.326 e. The molecule has 1 aliphatic rings. The number of hydrogen-bond donors (Lipinski definition) is 1. The summed E-state index contributed by atoms with van der Waals surface area (Å²) in [7, 11) is 0. The van der Waals surface area contributed by atoms with Gasteiger partial charge in [0.25, 0.3) is 5.91 Å².